The topological polar surface area (TPSA) is 70.6 Å². The Morgan fingerprint density at radius 1 is 1.15 bits per heavy atom. The number of amides is 2. The van der Waals surface area contributed by atoms with Crippen molar-refractivity contribution in [2.24, 2.45) is 0 Å². The molecule has 0 bridgehead atoms. The Hall–Kier alpha value is -2.69. The summed E-state index contributed by atoms with van der Waals surface area (Å²) in [4.78, 5) is 11.9. The molecule has 2 rings (SSSR count). The monoisotopic (exact) mass is 272 g/mol. The minimum absolute atomic E-state index is 0.0935. The number of carbonyl (C=O) groups excluding carboxylic acids is 1. The third-order valence-corrected chi connectivity index (χ3v) is 2.71. The third-order valence-electron chi connectivity index (χ3n) is 2.71. The van der Waals surface area contributed by atoms with Gasteiger partial charge in [-0.2, -0.15) is 0 Å². The lowest BCUT2D eigenvalue weighted by Crippen LogP contribution is -2.19. The van der Waals surface area contributed by atoms with E-state index in [1.54, 1.807) is 25.3 Å². The fraction of sp³-hybridized carbons (Fsp3) is 0.133. The van der Waals surface area contributed by atoms with Crippen LogP contribution in [-0.4, -0.2) is 18.2 Å². The third kappa shape index (κ3) is 3.41. The molecule has 0 heterocycles. The lowest BCUT2D eigenvalue weighted by Gasteiger charge is -2.12. The molecule has 0 unspecified atom stereocenters. The molecule has 0 spiro atoms. The second-order valence-electron chi connectivity index (χ2n) is 4.33. The Labute approximate surface area is 117 Å². The van der Waals surface area contributed by atoms with Crippen LogP contribution in [-0.2, 0) is 0 Å². The van der Waals surface area contributed by atoms with E-state index in [2.05, 4.69) is 10.6 Å². The van der Waals surface area contributed by atoms with Gasteiger partial charge in [-0.3, -0.25) is 0 Å². The van der Waals surface area contributed by atoms with E-state index in [0.29, 0.717) is 17.1 Å². The van der Waals surface area contributed by atoms with Crippen LogP contribution in [0.3, 0.4) is 0 Å². The first-order valence-electron chi connectivity index (χ1n) is 6.10. The molecule has 0 aromatic heterocycles. The van der Waals surface area contributed by atoms with Crippen LogP contribution in [0.25, 0.3) is 0 Å². The summed E-state index contributed by atoms with van der Waals surface area (Å²) in [5.74, 6) is 0.678. The van der Waals surface area contributed by atoms with Crippen LogP contribution in [0.2, 0.25) is 0 Å². The van der Waals surface area contributed by atoms with Crippen molar-refractivity contribution < 1.29 is 14.6 Å². The van der Waals surface area contributed by atoms with Crippen molar-refractivity contribution >= 4 is 17.4 Å². The highest BCUT2D eigenvalue weighted by Crippen LogP contribution is 2.25. The number of phenols is 1. The van der Waals surface area contributed by atoms with Gasteiger partial charge < -0.3 is 20.5 Å². The number of urea groups is 1. The molecule has 0 fully saturated rings. The Bertz CT molecular complexity index is 626. The SMILES string of the molecule is COc1ccc(C)cc1NC(=O)Nc1cccc(O)c1. The summed E-state index contributed by atoms with van der Waals surface area (Å²) >= 11 is 0. The van der Waals surface area contributed by atoms with Crippen molar-refractivity contribution in [1.29, 1.82) is 0 Å². The largest absolute Gasteiger partial charge is 0.508 e. The van der Waals surface area contributed by atoms with Gasteiger partial charge in [0.15, 0.2) is 0 Å². The number of hydrogen-bond acceptors (Lipinski definition) is 3. The van der Waals surface area contributed by atoms with E-state index in [4.69, 9.17) is 4.74 Å². The predicted molar refractivity (Wildman–Crippen MR) is 78.5 cm³/mol. The molecule has 5 nitrogen and oxygen atoms in total. The smallest absolute Gasteiger partial charge is 0.323 e. The first kappa shape index (κ1) is 13.7. The van der Waals surface area contributed by atoms with E-state index < -0.39 is 6.03 Å². The summed E-state index contributed by atoms with van der Waals surface area (Å²) in [6, 6.07) is 11.4. The maximum absolute atomic E-state index is 11.9. The van der Waals surface area contributed by atoms with Gasteiger partial charge in [0, 0.05) is 11.8 Å². The molecule has 0 atom stereocenters. The summed E-state index contributed by atoms with van der Waals surface area (Å²) in [6.45, 7) is 1.93. The molecule has 104 valence electrons. The molecule has 0 saturated carbocycles. The van der Waals surface area contributed by atoms with Gasteiger partial charge in [0.05, 0.1) is 12.8 Å². The molecule has 2 aromatic carbocycles. The predicted octanol–water partition coefficient (Wildman–Crippen LogP) is 3.35. The van der Waals surface area contributed by atoms with Crippen LogP contribution in [0.15, 0.2) is 42.5 Å². The molecule has 0 aliphatic rings. The van der Waals surface area contributed by atoms with E-state index in [1.165, 1.54) is 12.1 Å². The van der Waals surface area contributed by atoms with Gasteiger partial charge in [0.2, 0.25) is 0 Å². The average molecular weight is 272 g/mol. The second kappa shape index (κ2) is 5.97. The van der Waals surface area contributed by atoms with Crippen molar-refractivity contribution in [2.75, 3.05) is 17.7 Å². The summed E-state index contributed by atoms with van der Waals surface area (Å²) < 4.78 is 5.19. The maximum atomic E-state index is 11.9. The Morgan fingerprint density at radius 3 is 2.65 bits per heavy atom. The summed E-state index contributed by atoms with van der Waals surface area (Å²) in [5.41, 5.74) is 2.11. The zero-order valence-electron chi connectivity index (χ0n) is 11.3. The maximum Gasteiger partial charge on any atom is 0.323 e. The number of rotatable bonds is 3. The highest BCUT2D eigenvalue weighted by molar-refractivity contribution is 6.00. The van der Waals surface area contributed by atoms with Crippen molar-refractivity contribution in [3.05, 3.63) is 48.0 Å². The summed E-state index contributed by atoms with van der Waals surface area (Å²) in [6.07, 6.45) is 0. The van der Waals surface area contributed by atoms with Gasteiger partial charge in [0.1, 0.15) is 11.5 Å². The van der Waals surface area contributed by atoms with Crippen LogP contribution in [0.1, 0.15) is 5.56 Å². The van der Waals surface area contributed by atoms with E-state index in [-0.39, 0.29) is 5.75 Å². The number of aromatic hydroxyl groups is 1. The minimum Gasteiger partial charge on any atom is -0.508 e. The van der Waals surface area contributed by atoms with Gasteiger partial charge in [0.25, 0.3) is 0 Å². The molecular weight excluding hydrogens is 256 g/mol. The molecule has 3 N–H and O–H groups in total. The first-order chi connectivity index (χ1) is 9.58. The number of benzene rings is 2. The zero-order chi connectivity index (χ0) is 14.5. The number of ether oxygens (including phenoxy) is 1. The quantitative estimate of drug-likeness (QED) is 0.802. The molecule has 2 amide bonds. The lowest BCUT2D eigenvalue weighted by atomic mass is 10.2. The lowest BCUT2D eigenvalue weighted by molar-refractivity contribution is 0.262. The summed E-state index contributed by atoms with van der Waals surface area (Å²) in [7, 11) is 1.54. The Morgan fingerprint density at radius 2 is 1.95 bits per heavy atom. The van der Waals surface area contributed by atoms with Crippen LogP contribution in [0, 0.1) is 6.92 Å². The zero-order valence-corrected chi connectivity index (χ0v) is 11.3. The molecule has 0 saturated heterocycles. The Kier molecular flexibility index (Phi) is 4.10. The van der Waals surface area contributed by atoms with E-state index in [1.807, 2.05) is 19.1 Å². The van der Waals surface area contributed by atoms with E-state index >= 15 is 0 Å². The van der Waals surface area contributed by atoms with Crippen molar-refractivity contribution in [3.63, 3.8) is 0 Å². The second-order valence-corrected chi connectivity index (χ2v) is 4.33. The van der Waals surface area contributed by atoms with Crippen LogP contribution >= 0.6 is 0 Å². The number of carbonyl (C=O) groups is 1. The highest BCUT2D eigenvalue weighted by atomic mass is 16.5. The molecule has 5 heteroatoms. The molecular formula is C15H16N2O3. The van der Waals surface area contributed by atoms with Crippen molar-refractivity contribution in [3.8, 4) is 11.5 Å². The highest BCUT2D eigenvalue weighted by Gasteiger charge is 2.08. The van der Waals surface area contributed by atoms with Crippen LogP contribution in [0.4, 0.5) is 16.2 Å². The number of anilines is 2. The van der Waals surface area contributed by atoms with Gasteiger partial charge in [-0.25, -0.2) is 4.79 Å². The average Bonchev–Trinajstić information content (AvgIpc) is 2.38. The molecule has 20 heavy (non-hydrogen) atoms. The standard InChI is InChI=1S/C15H16N2O3/c1-10-6-7-14(20-2)13(8-10)17-15(19)16-11-4-3-5-12(18)9-11/h3-9,18H,1-2H3,(H2,16,17,19). The summed E-state index contributed by atoms with van der Waals surface area (Å²) in [5, 5.41) is 14.7. The van der Waals surface area contributed by atoms with E-state index in [9.17, 15) is 9.90 Å². The molecule has 2 aromatic rings. The number of aryl methyl sites for hydroxylation is 1. The normalized spacial score (nSPS) is 9.90. The molecule has 0 aliphatic carbocycles. The number of nitrogens with one attached hydrogen (secondary N) is 2. The van der Waals surface area contributed by atoms with Crippen LogP contribution < -0.4 is 15.4 Å². The number of hydrogen-bond donors (Lipinski definition) is 3. The Balaban J connectivity index is 2.10. The molecule has 0 radical (unpaired) electrons. The van der Waals surface area contributed by atoms with Gasteiger partial charge in [-0.1, -0.05) is 12.1 Å². The fourth-order valence-electron chi connectivity index (χ4n) is 1.79. The van der Waals surface area contributed by atoms with Crippen molar-refractivity contribution in [2.45, 2.75) is 6.92 Å². The minimum atomic E-state index is -0.403. The van der Waals surface area contributed by atoms with E-state index in [0.717, 1.165) is 5.56 Å². The van der Waals surface area contributed by atoms with Gasteiger partial charge in [-0.15, -0.1) is 0 Å². The van der Waals surface area contributed by atoms with Crippen LogP contribution in [0.5, 0.6) is 11.5 Å². The number of phenolic OH excluding ortho intramolecular Hbond substituents is 1. The number of methoxy groups -OCH3 is 1. The fourth-order valence-corrected chi connectivity index (χ4v) is 1.79. The molecule has 0 aliphatic heterocycles. The van der Waals surface area contributed by atoms with Gasteiger partial charge >= 0.3 is 6.03 Å². The van der Waals surface area contributed by atoms with Gasteiger partial charge in [-0.05, 0) is 36.8 Å². The van der Waals surface area contributed by atoms with Crippen molar-refractivity contribution in [1.82, 2.24) is 0 Å². The first-order valence-corrected chi connectivity index (χ1v) is 6.10.